The molecular formula is C48H34N4Si. The van der Waals surface area contributed by atoms with E-state index in [9.17, 15) is 0 Å². The highest BCUT2D eigenvalue weighted by molar-refractivity contribution is 7.03. The van der Waals surface area contributed by atoms with Gasteiger partial charge in [0, 0.05) is 43.9 Å². The Bertz CT molecular complexity index is 2870. The lowest BCUT2D eigenvalue weighted by Gasteiger charge is -2.19. The minimum atomic E-state index is -2.06. The van der Waals surface area contributed by atoms with Crippen molar-refractivity contribution in [3.63, 3.8) is 0 Å². The van der Waals surface area contributed by atoms with Crippen molar-refractivity contribution in [1.29, 1.82) is 0 Å². The molecule has 0 spiro atoms. The van der Waals surface area contributed by atoms with Crippen molar-refractivity contribution in [3.05, 3.63) is 170 Å². The molecule has 0 fully saturated rings. The third kappa shape index (κ3) is 5.20. The van der Waals surface area contributed by atoms with Crippen LogP contribution in [0.5, 0.6) is 0 Å². The van der Waals surface area contributed by atoms with E-state index in [0.29, 0.717) is 5.82 Å². The fourth-order valence-electron chi connectivity index (χ4n) is 7.96. The van der Waals surface area contributed by atoms with Crippen LogP contribution in [0.3, 0.4) is 0 Å². The summed E-state index contributed by atoms with van der Waals surface area (Å²) in [5.74, 6) is 1.46. The molecule has 0 saturated heterocycles. The molecular weight excluding hydrogens is 661 g/mol. The highest BCUT2D eigenvalue weighted by Crippen LogP contribution is 2.38. The number of hydrogen-bond donors (Lipinski definition) is 0. The summed E-state index contributed by atoms with van der Waals surface area (Å²) in [5.41, 5.74) is 11.6. The molecule has 0 N–H and O–H groups in total. The predicted octanol–water partition coefficient (Wildman–Crippen LogP) is 10.7. The zero-order valence-corrected chi connectivity index (χ0v) is 30.5. The Balaban J connectivity index is 1.11. The second kappa shape index (κ2) is 12.3. The van der Waals surface area contributed by atoms with E-state index >= 15 is 0 Å². The summed E-state index contributed by atoms with van der Waals surface area (Å²) in [6.45, 7) is 4.82. The minimum Gasteiger partial charge on any atom is -0.237 e. The van der Waals surface area contributed by atoms with Gasteiger partial charge in [0.1, 0.15) is 8.07 Å². The molecule has 0 aliphatic carbocycles. The van der Waals surface area contributed by atoms with Crippen molar-refractivity contribution in [3.8, 4) is 67.5 Å². The standard InChI is InChI=1S/C48H34N4Si/c1-53(2)41-26-12-11-25-39(41)42-44(33-18-7-4-8-19-33)50-47(52-48(42)53)37-23-14-21-35(30-37)34-20-13-22-36(29-34)46-49-43(32-16-5-3-6-17-32)40-28-27-31-15-9-10-24-38(31)45(40)51-46/h3-30H,1-2H3. The summed E-state index contributed by atoms with van der Waals surface area (Å²) < 4.78 is 0. The van der Waals surface area contributed by atoms with Crippen LogP contribution < -0.4 is 10.5 Å². The molecule has 2 aromatic heterocycles. The van der Waals surface area contributed by atoms with Gasteiger partial charge < -0.3 is 0 Å². The predicted molar refractivity (Wildman–Crippen MR) is 222 cm³/mol. The zero-order chi connectivity index (χ0) is 35.5. The molecule has 9 aromatic rings. The monoisotopic (exact) mass is 694 g/mol. The number of aromatic nitrogens is 4. The molecule has 0 radical (unpaired) electrons. The average molecular weight is 695 g/mol. The summed E-state index contributed by atoms with van der Waals surface area (Å²) in [6.07, 6.45) is 0. The first-order valence-corrected chi connectivity index (χ1v) is 21.1. The van der Waals surface area contributed by atoms with Gasteiger partial charge in [0.05, 0.1) is 16.9 Å². The van der Waals surface area contributed by atoms with Crippen LogP contribution in [0.1, 0.15) is 0 Å². The molecule has 10 rings (SSSR count). The summed E-state index contributed by atoms with van der Waals surface area (Å²) in [7, 11) is -2.06. The zero-order valence-electron chi connectivity index (χ0n) is 29.5. The summed E-state index contributed by atoms with van der Waals surface area (Å²) >= 11 is 0. The van der Waals surface area contributed by atoms with Gasteiger partial charge >= 0.3 is 0 Å². The molecule has 0 saturated carbocycles. The van der Waals surface area contributed by atoms with E-state index in [1.807, 2.05) is 6.07 Å². The summed E-state index contributed by atoms with van der Waals surface area (Å²) in [6, 6.07) is 59.7. The van der Waals surface area contributed by atoms with Crippen molar-refractivity contribution in [2.75, 3.05) is 0 Å². The molecule has 1 aliphatic rings. The van der Waals surface area contributed by atoms with Crippen molar-refractivity contribution in [2.24, 2.45) is 0 Å². The Morgan fingerprint density at radius 1 is 0.396 bits per heavy atom. The molecule has 0 unspecified atom stereocenters. The lowest BCUT2D eigenvalue weighted by Crippen LogP contribution is -2.50. The second-order valence-corrected chi connectivity index (χ2v) is 18.5. The van der Waals surface area contributed by atoms with Crippen molar-refractivity contribution >= 4 is 40.3 Å². The van der Waals surface area contributed by atoms with Gasteiger partial charge in [-0.2, -0.15) is 0 Å². The fraction of sp³-hybridized carbons (Fsp3) is 0.0417. The molecule has 53 heavy (non-hydrogen) atoms. The Morgan fingerprint density at radius 2 is 0.943 bits per heavy atom. The van der Waals surface area contributed by atoms with E-state index in [4.69, 9.17) is 19.9 Å². The van der Waals surface area contributed by atoms with Crippen LogP contribution in [0.4, 0.5) is 0 Å². The van der Waals surface area contributed by atoms with Gasteiger partial charge in [-0.05, 0) is 45.5 Å². The van der Waals surface area contributed by atoms with Crippen LogP contribution in [-0.2, 0) is 0 Å². The van der Waals surface area contributed by atoms with E-state index in [1.165, 1.54) is 21.6 Å². The normalized spacial score (nSPS) is 12.9. The van der Waals surface area contributed by atoms with Gasteiger partial charge in [-0.1, -0.05) is 165 Å². The Hall–Kier alpha value is -6.56. The third-order valence-electron chi connectivity index (χ3n) is 10.6. The molecule has 7 aromatic carbocycles. The lowest BCUT2D eigenvalue weighted by molar-refractivity contribution is 1.21. The maximum absolute atomic E-state index is 5.40. The van der Waals surface area contributed by atoms with Gasteiger partial charge in [-0.25, -0.2) is 19.9 Å². The van der Waals surface area contributed by atoms with Crippen LogP contribution in [0, 0.1) is 0 Å². The van der Waals surface area contributed by atoms with Gasteiger partial charge in [0.2, 0.25) is 0 Å². The van der Waals surface area contributed by atoms with Crippen LogP contribution in [-0.4, -0.2) is 28.0 Å². The first-order valence-electron chi connectivity index (χ1n) is 18.1. The maximum Gasteiger partial charge on any atom is 0.160 e. The molecule has 0 atom stereocenters. The van der Waals surface area contributed by atoms with E-state index < -0.39 is 8.07 Å². The molecule has 0 bridgehead atoms. The summed E-state index contributed by atoms with van der Waals surface area (Å²) in [5, 5.41) is 5.94. The maximum atomic E-state index is 5.40. The average Bonchev–Trinajstić information content (AvgIpc) is 3.46. The molecule has 1 aliphatic heterocycles. The molecule has 0 amide bonds. The van der Waals surface area contributed by atoms with Gasteiger partial charge in [-0.3, -0.25) is 0 Å². The third-order valence-corrected chi connectivity index (χ3v) is 14.0. The number of fused-ring (bicyclic) bond motifs is 6. The van der Waals surface area contributed by atoms with E-state index in [0.717, 1.165) is 72.3 Å². The van der Waals surface area contributed by atoms with E-state index in [-0.39, 0.29) is 0 Å². The van der Waals surface area contributed by atoms with E-state index in [2.05, 4.69) is 177 Å². The van der Waals surface area contributed by atoms with Crippen molar-refractivity contribution in [2.45, 2.75) is 13.1 Å². The number of nitrogens with zero attached hydrogens (tertiary/aromatic N) is 4. The number of benzene rings is 7. The first-order chi connectivity index (χ1) is 26.0. The molecule has 3 heterocycles. The van der Waals surface area contributed by atoms with E-state index in [1.54, 1.807) is 0 Å². The van der Waals surface area contributed by atoms with Gasteiger partial charge in [0.25, 0.3) is 0 Å². The number of hydrogen-bond acceptors (Lipinski definition) is 4. The van der Waals surface area contributed by atoms with Crippen molar-refractivity contribution < 1.29 is 0 Å². The van der Waals surface area contributed by atoms with Crippen LogP contribution in [0.15, 0.2) is 170 Å². The lowest BCUT2D eigenvalue weighted by atomic mass is 9.98. The smallest absolute Gasteiger partial charge is 0.160 e. The molecule has 5 heteroatoms. The second-order valence-electron chi connectivity index (χ2n) is 14.3. The van der Waals surface area contributed by atoms with Crippen LogP contribution in [0.25, 0.3) is 89.2 Å². The topological polar surface area (TPSA) is 51.6 Å². The highest BCUT2D eigenvalue weighted by Gasteiger charge is 2.41. The highest BCUT2D eigenvalue weighted by atomic mass is 28.3. The minimum absolute atomic E-state index is 0.701. The fourth-order valence-corrected chi connectivity index (χ4v) is 10.9. The van der Waals surface area contributed by atoms with Crippen LogP contribution in [0.2, 0.25) is 13.1 Å². The van der Waals surface area contributed by atoms with Gasteiger partial charge in [-0.15, -0.1) is 0 Å². The summed E-state index contributed by atoms with van der Waals surface area (Å²) in [4.78, 5) is 21.2. The Kier molecular flexibility index (Phi) is 7.23. The van der Waals surface area contributed by atoms with Crippen LogP contribution >= 0.6 is 0 Å². The quantitative estimate of drug-likeness (QED) is 0.133. The molecule has 4 nitrogen and oxygen atoms in total. The Labute approximate surface area is 309 Å². The molecule has 250 valence electrons. The van der Waals surface area contributed by atoms with Gasteiger partial charge in [0.15, 0.2) is 11.6 Å². The first kappa shape index (κ1) is 31.2. The SMILES string of the molecule is C[Si]1(C)c2ccccc2-c2c(-c3ccccc3)nc(-c3cccc(-c4cccc(-c5nc(-c6ccccc6)c6ccc7ccccc7c6n5)c4)c3)nc21. The van der Waals surface area contributed by atoms with Crippen molar-refractivity contribution in [1.82, 2.24) is 19.9 Å². The Morgan fingerprint density at radius 3 is 1.66 bits per heavy atom. The number of rotatable bonds is 5. The largest absolute Gasteiger partial charge is 0.237 e.